The number of anilines is 3. The number of amides is 2. The van der Waals surface area contributed by atoms with Gasteiger partial charge in [-0.3, -0.25) is 0 Å². The molecule has 2 aromatic heterocycles. The number of carbonyl (C=O) groups excluding carboxylic acids is 2. The molecule has 11 heteroatoms. The number of nitrogens with zero attached hydrogens (tertiary/aromatic N) is 5. The molecule has 0 bridgehead atoms. The van der Waals surface area contributed by atoms with E-state index in [2.05, 4.69) is 15.4 Å². The molecule has 0 unspecified atom stereocenters. The van der Waals surface area contributed by atoms with Crippen LogP contribution in [0.3, 0.4) is 0 Å². The summed E-state index contributed by atoms with van der Waals surface area (Å²) < 4.78 is 26.5. The van der Waals surface area contributed by atoms with Crippen LogP contribution in [0.15, 0.2) is 36.5 Å². The van der Waals surface area contributed by atoms with Crippen LogP contribution in [0.1, 0.15) is 85.1 Å². The van der Waals surface area contributed by atoms with Crippen molar-refractivity contribution in [2.75, 3.05) is 30.4 Å². The number of rotatable bonds is 4. The van der Waals surface area contributed by atoms with E-state index < -0.39 is 17.5 Å². The van der Waals surface area contributed by atoms with Crippen molar-refractivity contribution in [1.82, 2.24) is 19.5 Å². The van der Waals surface area contributed by atoms with Crippen molar-refractivity contribution >= 4 is 35.2 Å². The topological polar surface area (TPSA) is 101 Å². The summed E-state index contributed by atoms with van der Waals surface area (Å²) in [4.78, 5) is 32.5. The van der Waals surface area contributed by atoms with E-state index in [-0.39, 0.29) is 11.7 Å². The normalized spacial score (nSPS) is 15.5. The Hall–Kier alpha value is -3.89. The maximum atomic E-state index is 14.0. The van der Waals surface area contributed by atoms with Gasteiger partial charge in [-0.2, -0.15) is 9.61 Å². The molecule has 10 nitrogen and oxygen atoms in total. The lowest BCUT2D eigenvalue weighted by atomic mass is 10.1. The van der Waals surface area contributed by atoms with E-state index in [0.29, 0.717) is 28.9 Å². The molecule has 3 aromatic rings. The zero-order valence-electron chi connectivity index (χ0n) is 25.7. The van der Waals surface area contributed by atoms with Gasteiger partial charge >= 0.3 is 12.2 Å². The van der Waals surface area contributed by atoms with E-state index in [1.165, 1.54) is 23.5 Å². The number of hydrogen-bond acceptors (Lipinski definition) is 7. The average molecular weight is 583 g/mol. The SMILES string of the molecule is CC(C)(C)OC(=O)N1CCCCC1.CNc1cc(N(C(=O)OC(C)(C)C)c2cccc(F)c2)n2ncc(C3CC3)c2n1. The summed E-state index contributed by atoms with van der Waals surface area (Å²) in [5.74, 6) is 0.990. The Morgan fingerprint density at radius 2 is 1.67 bits per heavy atom. The Morgan fingerprint density at radius 3 is 2.24 bits per heavy atom. The first-order valence-corrected chi connectivity index (χ1v) is 14.6. The highest BCUT2D eigenvalue weighted by atomic mass is 19.1. The minimum absolute atomic E-state index is 0.160. The number of ether oxygens (including phenoxy) is 2. The summed E-state index contributed by atoms with van der Waals surface area (Å²) in [7, 11) is 1.76. The third-order valence-electron chi connectivity index (χ3n) is 6.63. The van der Waals surface area contributed by atoms with Gasteiger partial charge < -0.3 is 19.7 Å². The largest absolute Gasteiger partial charge is 0.444 e. The van der Waals surface area contributed by atoms with Gasteiger partial charge in [0.15, 0.2) is 5.65 Å². The Morgan fingerprint density at radius 1 is 1.00 bits per heavy atom. The molecule has 2 amide bonds. The maximum absolute atomic E-state index is 14.0. The van der Waals surface area contributed by atoms with Crippen LogP contribution in [0.25, 0.3) is 5.65 Å². The van der Waals surface area contributed by atoms with Gasteiger partial charge in [-0.05, 0) is 97.8 Å². The number of benzene rings is 1. The van der Waals surface area contributed by atoms with Crippen molar-refractivity contribution in [2.45, 2.75) is 90.8 Å². The van der Waals surface area contributed by atoms with E-state index in [0.717, 1.165) is 44.3 Å². The molecular weight excluding hydrogens is 539 g/mol. The van der Waals surface area contributed by atoms with Crippen LogP contribution in [0.2, 0.25) is 0 Å². The summed E-state index contributed by atoms with van der Waals surface area (Å²) in [6.45, 7) is 12.8. The highest BCUT2D eigenvalue weighted by Crippen LogP contribution is 2.42. The average Bonchev–Trinajstić information content (AvgIpc) is 3.66. The Labute approximate surface area is 247 Å². The van der Waals surface area contributed by atoms with Gasteiger partial charge in [0.2, 0.25) is 0 Å². The third kappa shape index (κ3) is 8.10. The second kappa shape index (κ2) is 12.5. The first-order valence-electron chi connectivity index (χ1n) is 14.6. The van der Waals surface area contributed by atoms with Crippen molar-refractivity contribution in [3.63, 3.8) is 0 Å². The number of carbonyl (C=O) groups is 2. The van der Waals surface area contributed by atoms with Gasteiger partial charge in [-0.15, -0.1) is 0 Å². The molecule has 0 spiro atoms. The molecule has 1 aliphatic heterocycles. The molecular formula is C31H43FN6O4. The molecule has 3 heterocycles. The van der Waals surface area contributed by atoms with Crippen LogP contribution >= 0.6 is 0 Å². The molecule has 0 atom stereocenters. The molecule has 42 heavy (non-hydrogen) atoms. The zero-order chi connectivity index (χ0) is 30.7. The fraction of sp³-hybridized carbons (Fsp3) is 0.548. The number of piperidine rings is 1. The van der Waals surface area contributed by atoms with Crippen molar-refractivity contribution < 1.29 is 23.5 Å². The van der Waals surface area contributed by atoms with Crippen LogP contribution in [0, 0.1) is 5.82 Å². The van der Waals surface area contributed by atoms with E-state index in [1.54, 1.807) is 61.6 Å². The van der Waals surface area contributed by atoms with Crippen molar-refractivity contribution in [2.24, 2.45) is 0 Å². The van der Waals surface area contributed by atoms with Crippen LogP contribution < -0.4 is 10.2 Å². The maximum Gasteiger partial charge on any atom is 0.420 e. The Bertz CT molecular complexity index is 1400. The van der Waals surface area contributed by atoms with Gasteiger partial charge in [0.25, 0.3) is 0 Å². The molecule has 2 aliphatic rings. The van der Waals surface area contributed by atoms with Crippen molar-refractivity contribution in [1.29, 1.82) is 0 Å². The van der Waals surface area contributed by atoms with Gasteiger partial charge in [0.05, 0.1) is 11.9 Å². The standard InChI is InChI=1S/C21H24FN5O2.C10H19NO2/c1-21(2,3)29-20(28)26(15-7-5-6-14(22)10-15)18-11-17(23-4)25-19-16(13-8-9-13)12-24-27(18)19;1-10(2,3)13-9(12)11-7-5-4-6-8-11/h5-7,10-13H,8-9H2,1-4H3,(H,23,25);4-8H2,1-3H3. The molecule has 1 N–H and O–H groups in total. The number of nitrogens with one attached hydrogen (secondary N) is 1. The van der Waals surface area contributed by atoms with E-state index in [1.807, 2.05) is 20.8 Å². The number of hydrogen-bond donors (Lipinski definition) is 1. The summed E-state index contributed by atoms with van der Waals surface area (Å²) in [6.07, 6.45) is 6.66. The number of aromatic nitrogens is 3. The van der Waals surface area contributed by atoms with Crippen molar-refractivity contribution in [3.8, 4) is 0 Å². The monoisotopic (exact) mass is 582 g/mol. The van der Waals surface area contributed by atoms with E-state index in [4.69, 9.17) is 9.47 Å². The first kappa shape index (κ1) is 31.1. The van der Waals surface area contributed by atoms with Gasteiger partial charge in [0, 0.05) is 31.8 Å². The van der Waals surface area contributed by atoms with Gasteiger partial charge in [0.1, 0.15) is 28.7 Å². The first-order chi connectivity index (χ1) is 19.8. The van der Waals surface area contributed by atoms with Crippen LogP contribution in [-0.4, -0.2) is 63.0 Å². The third-order valence-corrected chi connectivity index (χ3v) is 6.63. The quantitative estimate of drug-likeness (QED) is 0.345. The number of likely N-dealkylation sites (tertiary alicyclic amines) is 1. The molecule has 1 saturated heterocycles. The van der Waals surface area contributed by atoms with Gasteiger partial charge in [-0.25, -0.2) is 23.9 Å². The summed E-state index contributed by atoms with van der Waals surface area (Å²) in [5.41, 5.74) is 0.988. The predicted octanol–water partition coefficient (Wildman–Crippen LogP) is 7.27. The lowest BCUT2D eigenvalue weighted by Crippen LogP contribution is -2.39. The van der Waals surface area contributed by atoms with Crippen LogP contribution in [0.5, 0.6) is 0 Å². The summed E-state index contributed by atoms with van der Waals surface area (Å²) in [5, 5.41) is 7.52. The molecule has 1 aliphatic carbocycles. The predicted molar refractivity (Wildman–Crippen MR) is 161 cm³/mol. The smallest absolute Gasteiger partial charge is 0.420 e. The van der Waals surface area contributed by atoms with Gasteiger partial charge in [-0.1, -0.05) is 6.07 Å². The molecule has 1 saturated carbocycles. The fourth-order valence-corrected chi connectivity index (χ4v) is 4.59. The molecule has 5 rings (SSSR count). The van der Waals surface area contributed by atoms with Crippen LogP contribution in [0.4, 0.5) is 31.3 Å². The Kier molecular flexibility index (Phi) is 9.27. The van der Waals surface area contributed by atoms with E-state index in [9.17, 15) is 14.0 Å². The van der Waals surface area contributed by atoms with Crippen molar-refractivity contribution in [3.05, 3.63) is 47.9 Å². The van der Waals surface area contributed by atoms with Crippen LogP contribution in [-0.2, 0) is 9.47 Å². The molecule has 1 aromatic carbocycles. The zero-order valence-corrected chi connectivity index (χ0v) is 25.7. The minimum Gasteiger partial charge on any atom is -0.444 e. The highest BCUT2D eigenvalue weighted by Gasteiger charge is 2.32. The van der Waals surface area contributed by atoms with E-state index >= 15 is 0 Å². The summed E-state index contributed by atoms with van der Waals surface area (Å²) in [6, 6.07) is 7.53. The highest BCUT2D eigenvalue weighted by molar-refractivity contribution is 5.96. The second-order valence-electron chi connectivity index (χ2n) is 12.7. The molecule has 228 valence electrons. The lowest BCUT2D eigenvalue weighted by Gasteiger charge is -2.29. The minimum atomic E-state index is -0.718. The molecule has 0 radical (unpaired) electrons. The summed E-state index contributed by atoms with van der Waals surface area (Å²) >= 11 is 0. The lowest BCUT2D eigenvalue weighted by molar-refractivity contribution is 0.0215. The number of fused-ring (bicyclic) bond motifs is 1. The second-order valence-corrected chi connectivity index (χ2v) is 12.7. The Balaban J connectivity index is 0.000000262. The number of halogens is 1. The fourth-order valence-electron chi connectivity index (χ4n) is 4.59. The molecule has 2 fully saturated rings.